The zero-order valence-electron chi connectivity index (χ0n) is 19.7. The molecule has 0 saturated carbocycles. The molecule has 7 nitrogen and oxygen atoms in total. The Balaban J connectivity index is 2.19. The van der Waals surface area contributed by atoms with Crippen LogP contribution in [0.4, 0.5) is 0 Å². The molecule has 2 aromatic carbocycles. The third-order valence-corrected chi connectivity index (χ3v) is 4.82. The SMILES string of the molecule is CCOC(=O)CC(N=C(C)NC(C)=NC(C)c1cccc(OC)c1)c1cccc(OC)c1. The predicted molar refractivity (Wildman–Crippen MR) is 128 cm³/mol. The van der Waals surface area contributed by atoms with E-state index in [0.717, 1.165) is 22.7 Å². The van der Waals surface area contributed by atoms with Gasteiger partial charge in [0, 0.05) is 0 Å². The standard InChI is InChI=1S/C25H33N3O4/c1-7-32-25(29)16-24(21-11-9-13-23(15-21)31-6)28-19(4)27-18(3)26-17(2)20-10-8-12-22(14-20)30-5/h8-15,17,24H,7,16H2,1-6H3,(H,26,27,28). The van der Waals surface area contributed by atoms with Gasteiger partial charge in [-0.2, -0.15) is 0 Å². The lowest BCUT2D eigenvalue weighted by atomic mass is 10.0. The number of methoxy groups -OCH3 is 2. The number of carbonyl (C=O) groups excluding carboxylic acids is 1. The fraction of sp³-hybridized carbons (Fsp3) is 0.400. The molecule has 0 amide bonds. The number of amidine groups is 2. The van der Waals surface area contributed by atoms with Crippen LogP contribution >= 0.6 is 0 Å². The van der Waals surface area contributed by atoms with Gasteiger partial charge in [-0.25, -0.2) is 0 Å². The summed E-state index contributed by atoms with van der Waals surface area (Å²) < 4.78 is 15.8. The molecule has 0 aliphatic heterocycles. The Bertz CT molecular complexity index is 956. The van der Waals surface area contributed by atoms with Crippen molar-refractivity contribution >= 4 is 17.6 Å². The van der Waals surface area contributed by atoms with Crippen molar-refractivity contribution in [3.8, 4) is 11.5 Å². The molecule has 0 aliphatic carbocycles. The van der Waals surface area contributed by atoms with E-state index in [2.05, 4.69) is 5.32 Å². The maximum atomic E-state index is 12.2. The van der Waals surface area contributed by atoms with Crippen molar-refractivity contribution in [1.82, 2.24) is 5.32 Å². The molecule has 0 aromatic heterocycles. The Morgan fingerprint density at radius 2 is 1.50 bits per heavy atom. The zero-order chi connectivity index (χ0) is 23.5. The number of esters is 1. The van der Waals surface area contributed by atoms with Gasteiger partial charge in [-0.05, 0) is 63.1 Å². The highest BCUT2D eigenvalue weighted by Crippen LogP contribution is 2.26. The van der Waals surface area contributed by atoms with Gasteiger partial charge in [0.25, 0.3) is 0 Å². The fourth-order valence-corrected chi connectivity index (χ4v) is 3.29. The van der Waals surface area contributed by atoms with Crippen LogP contribution in [0.5, 0.6) is 11.5 Å². The van der Waals surface area contributed by atoms with Gasteiger partial charge in [0.1, 0.15) is 11.5 Å². The molecule has 1 N–H and O–H groups in total. The number of rotatable bonds is 9. The van der Waals surface area contributed by atoms with Gasteiger partial charge in [0.2, 0.25) is 0 Å². The quantitative estimate of drug-likeness (QED) is 0.342. The minimum atomic E-state index is -0.403. The summed E-state index contributed by atoms with van der Waals surface area (Å²) in [5, 5.41) is 3.23. The summed E-state index contributed by atoms with van der Waals surface area (Å²) >= 11 is 0. The lowest BCUT2D eigenvalue weighted by Crippen LogP contribution is -2.27. The first-order chi connectivity index (χ1) is 15.4. The minimum Gasteiger partial charge on any atom is -0.497 e. The van der Waals surface area contributed by atoms with Gasteiger partial charge in [-0.3, -0.25) is 14.8 Å². The molecule has 0 bridgehead atoms. The molecule has 0 saturated heterocycles. The second-order valence-electron chi connectivity index (χ2n) is 7.31. The van der Waals surface area contributed by atoms with Crippen molar-refractivity contribution in [2.75, 3.05) is 20.8 Å². The molecule has 2 rings (SSSR count). The molecule has 0 fully saturated rings. The molecule has 32 heavy (non-hydrogen) atoms. The third-order valence-electron chi connectivity index (χ3n) is 4.82. The molecule has 7 heteroatoms. The molecule has 0 radical (unpaired) electrons. The van der Waals surface area contributed by atoms with E-state index in [9.17, 15) is 4.79 Å². The van der Waals surface area contributed by atoms with Crippen LogP contribution in [-0.4, -0.2) is 38.5 Å². The van der Waals surface area contributed by atoms with Crippen LogP contribution < -0.4 is 14.8 Å². The lowest BCUT2D eigenvalue weighted by Gasteiger charge is -2.16. The number of hydrogen-bond donors (Lipinski definition) is 1. The zero-order valence-corrected chi connectivity index (χ0v) is 19.7. The largest absolute Gasteiger partial charge is 0.497 e. The highest BCUT2D eigenvalue weighted by Gasteiger charge is 2.17. The van der Waals surface area contributed by atoms with Crippen LogP contribution in [0.1, 0.15) is 57.3 Å². The Morgan fingerprint density at radius 3 is 2.09 bits per heavy atom. The molecule has 0 heterocycles. The Kier molecular flexibility index (Phi) is 9.73. The topological polar surface area (TPSA) is 81.5 Å². The van der Waals surface area contributed by atoms with Gasteiger partial charge in [-0.1, -0.05) is 24.3 Å². The van der Waals surface area contributed by atoms with E-state index in [4.69, 9.17) is 24.2 Å². The minimum absolute atomic E-state index is 0.0564. The number of aliphatic imine (C=N–C) groups is 2. The molecule has 2 atom stereocenters. The summed E-state index contributed by atoms with van der Waals surface area (Å²) in [5.41, 5.74) is 1.93. The highest BCUT2D eigenvalue weighted by molar-refractivity contribution is 5.98. The normalized spacial score (nSPS) is 13.8. The summed E-state index contributed by atoms with van der Waals surface area (Å²) in [7, 11) is 3.26. The van der Waals surface area contributed by atoms with Crippen molar-refractivity contribution in [2.24, 2.45) is 9.98 Å². The maximum absolute atomic E-state index is 12.2. The fourth-order valence-electron chi connectivity index (χ4n) is 3.29. The highest BCUT2D eigenvalue weighted by atomic mass is 16.5. The third kappa shape index (κ3) is 7.72. The van der Waals surface area contributed by atoms with E-state index in [1.165, 1.54) is 0 Å². The van der Waals surface area contributed by atoms with Gasteiger partial charge < -0.3 is 19.5 Å². The summed E-state index contributed by atoms with van der Waals surface area (Å²) in [6.45, 7) is 7.89. The smallest absolute Gasteiger partial charge is 0.308 e. The Labute approximate surface area is 190 Å². The number of ether oxygens (including phenoxy) is 3. The average Bonchev–Trinajstić information content (AvgIpc) is 2.78. The predicted octanol–water partition coefficient (Wildman–Crippen LogP) is 4.89. The van der Waals surface area contributed by atoms with E-state index in [1.54, 1.807) is 21.1 Å². The summed E-state index contributed by atoms with van der Waals surface area (Å²) in [6.07, 6.45) is 0.135. The monoisotopic (exact) mass is 439 g/mol. The molecule has 0 spiro atoms. The van der Waals surface area contributed by atoms with Gasteiger partial charge >= 0.3 is 5.97 Å². The summed E-state index contributed by atoms with van der Waals surface area (Å²) in [6, 6.07) is 14.9. The molecule has 2 unspecified atom stereocenters. The maximum Gasteiger partial charge on any atom is 0.308 e. The van der Waals surface area contributed by atoms with E-state index in [1.807, 2.05) is 69.3 Å². The van der Waals surface area contributed by atoms with Crippen LogP contribution in [0.15, 0.2) is 58.5 Å². The van der Waals surface area contributed by atoms with Crippen LogP contribution in [-0.2, 0) is 9.53 Å². The number of carbonyl (C=O) groups is 1. The number of nitrogens with zero attached hydrogens (tertiary/aromatic N) is 2. The van der Waals surface area contributed by atoms with Gasteiger partial charge in [0.05, 0.1) is 51.0 Å². The van der Waals surface area contributed by atoms with Crippen molar-refractivity contribution in [2.45, 2.75) is 46.2 Å². The number of benzene rings is 2. The molecule has 0 aliphatic rings. The van der Waals surface area contributed by atoms with Crippen LogP contribution in [0, 0.1) is 0 Å². The summed E-state index contributed by atoms with van der Waals surface area (Å²) in [4.78, 5) is 21.6. The average molecular weight is 440 g/mol. The van der Waals surface area contributed by atoms with E-state index >= 15 is 0 Å². The van der Waals surface area contributed by atoms with Crippen molar-refractivity contribution in [3.63, 3.8) is 0 Å². The first-order valence-corrected chi connectivity index (χ1v) is 10.7. The lowest BCUT2D eigenvalue weighted by molar-refractivity contribution is -0.143. The van der Waals surface area contributed by atoms with Crippen molar-refractivity contribution in [1.29, 1.82) is 0 Å². The van der Waals surface area contributed by atoms with Crippen molar-refractivity contribution in [3.05, 3.63) is 59.7 Å². The first kappa shape index (κ1) is 24.9. The first-order valence-electron chi connectivity index (χ1n) is 10.7. The van der Waals surface area contributed by atoms with E-state index in [-0.39, 0.29) is 18.4 Å². The number of hydrogen-bond acceptors (Lipinski definition) is 6. The van der Waals surface area contributed by atoms with Gasteiger partial charge in [-0.15, -0.1) is 0 Å². The van der Waals surface area contributed by atoms with Gasteiger partial charge in [0.15, 0.2) is 0 Å². The van der Waals surface area contributed by atoms with Crippen LogP contribution in [0.2, 0.25) is 0 Å². The summed E-state index contributed by atoms with van der Waals surface area (Å²) in [5.74, 6) is 2.59. The van der Waals surface area contributed by atoms with E-state index < -0.39 is 6.04 Å². The van der Waals surface area contributed by atoms with E-state index in [0.29, 0.717) is 18.2 Å². The molecular formula is C25H33N3O4. The number of nitrogens with one attached hydrogen (secondary N) is 1. The molecule has 2 aromatic rings. The van der Waals surface area contributed by atoms with Crippen LogP contribution in [0.3, 0.4) is 0 Å². The van der Waals surface area contributed by atoms with Crippen LogP contribution in [0.25, 0.3) is 0 Å². The molecule has 172 valence electrons. The Morgan fingerprint density at radius 1 is 0.938 bits per heavy atom. The second-order valence-corrected chi connectivity index (χ2v) is 7.31. The Hall–Kier alpha value is -3.35. The second kappa shape index (κ2) is 12.5. The molecular weight excluding hydrogens is 406 g/mol. The van der Waals surface area contributed by atoms with Crippen molar-refractivity contribution < 1.29 is 19.0 Å².